The molecular weight excluding hydrogens is 252 g/mol. The summed E-state index contributed by atoms with van der Waals surface area (Å²) in [6, 6.07) is 3.91. The van der Waals surface area contributed by atoms with E-state index in [2.05, 4.69) is 15.5 Å². The van der Waals surface area contributed by atoms with Gasteiger partial charge in [0.2, 0.25) is 0 Å². The Morgan fingerprint density at radius 1 is 1.25 bits per heavy atom. The summed E-state index contributed by atoms with van der Waals surface area (Å²) < 4.78 is 0. The molecule has 0 bridgehead atoms. The van der Waals surface area contributed by atoms with Crippen LogP contribution in [0.4, 0.5) is 5.82 Å². The first-order valence-electron chi connectivity index (χ1n) is 7.57. The molecule has 1 aromatic rings. The van der Waals surface area contributed by atoms with Crippen LogP contribution in [0, 0.1) is 0 Å². The Morgan fingerprint density at radius 2 is 1.95 bits per heavy atom. The summed E-state index contributed by atoms with van der Waals surface area (Å²) in [5, 5.41) is 11.1. The maximum atomic E-state index is 12.4. The molecule has 0 spiro atoms. The van der Waals surface area contributed by atoms with E-state index in [-0.39, 0.29) is 5.91 Å². The Balaban J connectivity index is 2.01. The molecule has 1 aromatic heterocycles. The monoisotopic (exact) mass is 276 g/mol. The quantitative estimate of drug-likeness (QED) is 0.859. The molecule has 0 radical (unpaired) electrons. The highest BCUT2D eigenvalue weighted by atomic mass is 16.2. The summed E-state index contributed by atoms with van der Waals surface area (Å²) >= 11 is 0. The summed E-state index contributed by atoms with van der Waals surface area (Å²) in [5.74, 6) is 0.689. The van der Waals surface area contributed by atoms with E-state index in [1.807, 2.05) is 24.9 Å². The predicted octanol–water partition coefficient (Wildman–Crippen LogP) is 2.70. The lowest BCUT2D eigenvalue weighted by Crippen LogP contribution is -2.37. The fraction of sp³-hybridized carbons (Fsp3) is 0.667. The van der Waals surface area contributed by atoms with Crippen LogP contribution in [0.3, 0.4) is 0 Å². The summed E-state index contributed by atoms with van der Waals surface area (Å²) in [6.45, 7) is 2.80. The van der Waals surface area contributed by atoms with Crippen molar-refractivity contribution in [2.75, 3.05) is 18.9 Å². The molecule has 0 atom stereocenters. The number of nitrogens with one attached hydrogen (secondary N) is 1. The molecule has 110 valence electrons. The van der Waals surface area contributed by atoms with Crippen molar-refractivity contribution in [3.63, 3.8) is 0 Å². The van der Waals surface area contributed by atoms with Gasteiger partial charge in [0, 0.05) is 19.6 Å². The van der Waals surface area contributed by atoms with Gasteiger partial charge in [0.05, 0.1) is 0 Å². The van der Waals surface area contributed by atoms with Gasteiger partial charge < -0.3 is 10.2 Å². The first kappa shape index (κ1) is 14.8. The zero-order valence-electron chi connectivity index (χ0n) is 12.4. The lowest BCUT2D eigenvalue weighted by atomic mass is 10.1. The van der Waals surface area contributed by atoms with E-state index in [1.165, 1.54) is 25.7 Å². The first-order valence-corrected chi connectivity index (χ1v) is 7.57. The number of carbonyl (C=O) groups is 1. The van der Waals surface area contributed by atoms with Crippen LogP contribution in [0.15, 0.2) is 12.1 Å². The van der Waals surface area contributed by atoms with E-state index in [0.717, 1.165) is 19.4 Å². The fourth-order valence-corrected chi connectivity index (χ4v) is 2.71. The van der Waals surface area contributed by atoms with Crippen LogP contribution < -0.4 is 5.32 Å². The molecule has 1 saturated carbocycles. The van der Waals surface area contributed by atoms with Crippen LogP contribution in [0.25, 0.3) is 0 Å². The second-order valence-electron chi connectivity index (χ2n) is 5.40. The standard InChI is InChI=1S/C15H24N4O/c1-3-16-14-11-10-13(17-18-14)15(20)19(2)12-8-6-4-5-7-9-12/h10-12H,3-9H2,1-2H3,(H,16,18). The fourth-order valence-electron chi connectivity index (χ4n) is 2.71. The topological polar surface area (TPSA) is 58.1 Å². The molecule has 1 aliphatic carbocycles. The van der Waals surface area contributed by atoms with Gasteiger partial charge in [-0.3, -0.25) is 4.79 Å². The number of carbonyl (C=O) groups excluding carboxylic acids is 1. The van der Waals surface area contributed by atoms with E-state index >= 15 is 0 Å². The predicted molar refractivity (Wildman–Crippen MR) is 79.8 cm³/mol. The summed E-state index contributed by atoms with van der Waals surface area (Å²) in [6.07, 6.45) is 7.21. The zero-order chi connectivity index (χ0) is 14.4. The van der Waals surface area contributed by atoms with Gasteiger partial charge in [0.15, 0.2) is 5.69 Å². The van der Waals surface area contributed by atoms with E-state index in [0.29, 0.717) is 17.6 Å². The summed E-state index contributed by atoms with van der Waals surface area (Å²) in [4.78, 5) is 14.3. The van der Waals surface area contributed by atoms with E-state index in [9.17, 15) is 4.79 Å². The Morgan fingerprint density at radius 3 is 2.50 bits per heavy atom. The molecule has 0 saturated heterocycles. The Labute approximate surface area is 120 Å². The number of anilines is 1. The highest BCUT2D eigenvalue weighted by Crippen LogP contribution is 2.22. The van der Waals surface area contributed by atoms with Gasteiger partial charge in [-0.1, -0.05) is 25.7 Å². The molecule has 2 rings (SSSR count). The Bertz CT molecular complexity index is 424. The second-order valence-corrected chi connectivity index (χ2v) is 5.40. The maximum Gasteiger partial charge on any atom is 0.274 e. The number of nitrogens with zero attached hydrogens (tertiary/aromatic N) is 3. The SMILES string of the molecule is CCNc1ccc(C(=O)N(C)C2CCCCCC2)nn1. The normalized spacial score (nSPS) is 16.5. The number of hydrogen-bond donors (Lipinski definition) is 1. The average Bonchev–Trinajstić information content (AvgIpc) is 2.76. The molecule has 1 N–H and O–H groups in total. The first-order chi connectivity index (χ1) is 9.72. The number of aromatic nitrogens is 2. The molecule has 5 nitrogen and oxygen atoms in total. The van der Waals surface area contributed by atoms with Crippen LogP contribution in [0.2, 0.25) is 0 Å². The van der Waals surface area contributed by atoms with Crippen molar-refractivity contribution in [2.45, 2.75) is 51.5 Å². The molecule has 1 fully saturated rings. The zero-order valence-corrected chi connectivity index (χ0v) is 12.4. The highest BCUT2D eigenvalue weighted by molar-refractivity contribution is 5.92. The van der Waals surface area contributed by atoms with Crippen molar-refractivity contribution in [1.29, 1.82) is 0 Å². The largest absolute Gasteiger partial charge is 0.369 e. The van der Waals surface area contributed by atoms with E-state index < -0.39 is 0 Å². The van der Waals surface area contributed by atoms with Gasteiger partial charge in [-0.05, 0) is 31.9 Å². The van der Waals surface area contributed by atoms with Crippen LogP contribution in [-0.2, 0) is 0 Å². The molecule has 0 unspecified atom stereocenters. The van der Waals surface area contributed by atoms with Gasteiger partial charge in [0.25, 0.3) is 5.91 Å². The van der Waals surface area contributed by atoms with Crippen LogP contribution in [0.1, 0.15) is 55.9 Å². The molecule has 5 heteroatoms. The number of rotatable bonds is 4. The molecule has 1 amide bonds. The molecule has 0 aliphatic heterocycles. The minimum absolute atomic E-state index is 0.0209. The molecular formula is C15H24N4O. The van der Waals surface area contributed by atoms with Crippen LogP contribution in [-0.4, -0.2) is 40.6 Å². The van der Waals surface area contributed by atoms with E-state index in [4.69, 9.17) is 0 Å². The van der Waals surface area contributed by atoms with Crippen molar-refractivity contribution in [3.8, 4) is 0 Å². The van der Waals surface area contributed by atoms with Crippen LogP contribution in [0.5, 0.6) is 0 Å². The van der Waals surface area contributed by atoms with Gasteiger partial charge in [-0.15, -0.1) is 10.2 Å². The molecule has 0 aromatic carbocycles. The van der Waals surface area contributed by atoms with Crippen molar-refractivity contribution in [3.05, 3.63) is 17.8 Å². The van der Waals surface area contributed by atoms with Crippen molar-refractivity contribution < 1.29 is 4.79 Å². The van der Waals surface area contributed by atoms with Gasteiger partial charge in [-0.25, -0.2) is 0 Å². The second kappa shape index (κ2) is 7.22. The van der Waals surface area contributed by atoms with Crippen LogP contribution >= 0.6 is 0 Å². The van der Waals surface area contributed by atoms with E-state index in [1.54, 1.807) is 6.07 Å². The minimum Gasteiger partial charge on any atom is -0.369 e. The Kier molecular flexibility index (Phi) is 5.32. The molecule has 20 heavy (non-hydrogen) atoms. The lowest BCUT2D eigenvalue weighted by Gasteiger charge is -2.26. The number of amides is 1. The summed E-state index contributed by atoms with van der Waals surface area (Å²) in [5.41, 5.74) is 0.429. The third-order valence-corrected chi connectivity index (χ3v) is 3.93. The third kappa shape index (κ3) is 3.68. The van der Waals surface area contributed by atoms with Gasteiger partial charge >= 0.3 is 0 Å². The summed E-state index contributed by atoms with van der Waals surface area (Å²) in [7, 11) is 1.89. The smallest absolute Gasteiger partial charge is 0.274 e. The van der Waals surface area contributed by atoms with Crippen molar-refractivity contribution in [2.24, 2.45) is 0 Å². The van der Waals surface area contributed by atoms with Crippen molar-refractivity contribution in [1.82, 2.24) is 15.1 Å². The molecule has 1 aliphatic rings. The average molecular weight is 276 g/mol. The minimum atomic E-state index is -0.0209. The maximum absolute atomic E-state index is 12.4. The van der Waals surface area contributed by atoms with Gasteiger partial charge in [0.1, 0.15) is 5.82 Å². The highest BCUT2D eigenvalue weighted by Gasteiger charge is 2.23. The van der Waals surface area contributed by atoms with Gasteiger partial charge in [-0.2, -0.15) is 0 Å². The Hall–Kier alpha value is -1.65. The lowest BCUT2D eigenvalue weighted by molar-refractivity contribution is 0.0710. The van der Waals surface area contributed by atoms with Crippen molar-refractivity contribution >= 4 is 11.7 Å². The molecule has 1 heterocycles. The number of hydrogen-bond acceptors (Lipinski definition) is 4. The third-order valence-electron chi connectivity index (χ3n) is 3.93.